The van der Waals surface area contributed by atoms with E-state index in [0.717, 1.165) is 50.3 Å². The third-order valence-corrected chi connectivity index (χ3v) is 4.95. The van der Waals surface area contributed by atoms with Crippen LogP contribution in [-0.2, 0) is 6.54 Å². The zero-order valence-corrected chi connectivity index (χ0v) is 20.0. The van der Waals surface area contributed by atoms with E-state index in [0.29, 0.717) is 0 Å². The van der Waals surface area contributed by atoms with Crippen LogP contribution in [0.25, 0.3) is 0 Å². The average molecular weight is 510 g/mol. The number of ether oxygens (including phenoxy) is 1. The minimum absolute atomic E-state index is 0. The van der Waals surface area contributed by atoms with E-state index in [1.54, 1.807) is 7.11 Å². The Balaban J connectivity index is 0.00000300. The number of aromatic nitrogens is 1. The highest BCUT2D eigenvalue weighted by molar-refractivity contribution is 14.0. The smallest absolute Gasteiger partial charge is 0.194 e. The molecule has 0 unspecified atom stereocenters. The van der Waals surface area contributed by atoms with E-state index in [4.69, 9.17) is 4.74 Å². The van der Waals surface area contributed by atoms with E-state index in [-0.39, 0.29) is 24.0 Å². The summed E-state index contributed by atoms with van der Waals surface area (Å²) in [6.45, 7) is 4.53. The summed E-state index contributed by atoms with van der Waals surface area (Å²) in [6.07, 6.45) is 1.85. The molecule has 0 saturated carbocycles. The van der Waals surface area contributed by atoms with Crippen LogP contribution in [0.1, 0.15) is 5.56 Å². The van der Waals surface area contributed by atoms with Crippen molar-refractivity contribution in [2.45, 2.75) is 6.54 Å². The van der Waals surface area contributed by atoms with Crippen molar-refractivity contribution in [3.8, 4) is 5.75 Å². The molecule has 158 valence electrons. The van der Waals surface area contributed by atoms with Gasteiger partial charge in [-0.3, -0.25) is 4.99 Å². The van der Waals surface area contributed by atoms with Gasteiger partial charge in [0.05, 0.1) is 7.11 Å². The van der Waals surface area contributed by atoms with Crippen molar-refractivity contribution in [2.24, 2.45) is 4.99 Å². The highest BCUT2D eigenvalue weighted by atomic mass is 127. The number of rotatable bonds is 5. The van der Waals surface area contributed by atoms with Crippen LogP contribution in [0.15, 0.2) is 47.6 Å². The van der Waals surface area contributed by atoms with Crippen LogP contribution in [0.2, 0.25) is 0 Å². The second-order valence-electron chi connectivity index (χ2n) is 6.99. The molecule has 0 bridgehead atoms. The Morgan fingerprint density at radius 1 is 1.14 bits per heavy atom. The molecule has 0 spiro atoms. The maximum absolute atomic E-state index is 5.25. The number of methoxy groups -OCH3 is 1. The number of anilines is 2. The van der Waals surface area contributed by atoms with Crippen LogP contribution in [0, 0.1) is 0 Å². The Morgan fingerprint density at radius 2 is 1.83 bits per heavy atom. The zero-order valence-electron chi connectivity index (χ0n) is 17.6. The minimum atomic E-state index is 0. The molecule has 1 fully saturated rings. The summed E-state index contributed by atoms with van der Waals surface area (Å²) in [7, 11) is 7.54. The molecule has 29 heavy (non-hydrogen) atoms. The van der Waals surface area contributed by atoms with Gasteiger partial charge in [0.1, 0.15) is 11.6 Å². The van der Waals surface area contributed by atoms with E-state index in [1.165, 1.54) is 11.3 Å². The molecule has 2 aromatic rings. The van der Waals surface area contributed by atoms with Crippen LogP contribution >= 0.6 is 24.0 Å². The van der Waals surface area contributed by atoms with Gasteiger partial charge in [-0.1, -0.05) is 0 Å². The Bertz CT molecular complexity index is 788. The number of piperazine rings is 1. The van der Waals surface area contributed by atoms with Crippen LogP contribution in [0.3, 0.4) is 0 Å². The summed E-state index contributed by atoms with van der Waals surface area (Å²) in [5.74, 6) is 2.79. The quantitative estimate of drug-likeness (QED) is 0.380. The fourth-order valence-electron chi connectivity index (χ4n) is 3.30. The van der Waals surface area contributed by atoms with Crippen molar-refractivity contribution in [1.82, 2.24) is 15.2 Å². The summed E-state index contributed by atoms with van der Waals surface area (Å²) in [6, 6.07) is 12.4. The molecule has 3 rings (SSSR count). The number of hydrogen-bond donors (Lipinski definition) is 1. The SMILES string of the molecule is CN=C(NCc1ccnc(N(C)C)c1)N1CCN(c2ccc(OC)cc2)CC1.I. The molecule has 1 N–H and O–H groups in total. The largest absolute Gasteiger partial charge is 0.497 e. The van der Waals surface area contributed by atoms with Gasteiger partial charge in [0.2, 0.25) is 0 Å². The lowest BCUT2D eigenvalue weighted by Gasteiger charge is -2.37. The summed E-state index contributed by atoms with van der Waals surface area (Å²) in [4.78, 5) is 15.6. The van der Waals surface area contributed by atoms with Crippen LogP contribution in [-0.4, -0.2) is 70.3 Å². The van der Waals surface area contributed by atoms with Gasteiger partial charge >= 0.3 is 0 Å². The van der Waals surface area contributed by atoms with Crippen molar-refractivity contribution < 1.29 is 4.74 Å². The highest BCUT2D eigenvalue weighted by Gasteiger charge is 2.19. The van der Waals surface area contributed by atoms with E-state index in [2.05, 4.69) is 43.3 Å². The summed E-state index contributed by atoms with van der Waals surface area (Å²) in [5, 5.41) is 3.49. The number of nitrogens with one attached hydrogen (secondary N) is 1. The van der Waals surface area contributed by atoms with Gasteiger partial charge in [-0.2, -0.15) is 0 Å². The first-order valence-electron chi connectivity index (χ1n) is 9.57. The van der Waals surface area contributed by atoms with E-state index < -0.39 is 0 Å². The van der Waals surface area contributed by atoms with Crippen LogP contribution in [0.4, 0.5) is 11.5 Å². The van der Waals surface area contributed by atoms with Gasteiger partial charge in [0, 0.05) is 65.8 Å². The van der Waals surface area contributed by atoms with Gasteiger partial charge in [-0.25, -0.2) is 4.98 Å². The Labute approximate surface area is 190 Å². The van der Waals surface area contributed by atoms with E-state index in [1.807, 2.05) is 50.4 Å². The minimum Gasteiger partial charge on any atom is -0.497 e. The summed E-state index contributed by atoms with van der Waals surface area (Å²) in [5.41, 5.74) is 2.42. The van der Waals surface area contributed by atoms with Gasteiger partial charge < -0.3 is 24.8 Å². The molecule has 8 heteroatoms. The maximum atomic E-state index is 5.25. The Morgan fingerprint density at radius 3 is 2.41 bits per heavy atom. The molecular weight excluding hydrogens is 479 g/mol. The summed E-state index contributed by atoms with van der Waals surface area (Å²) < 4.78 is 5.25. The number of guanidine groups is 1. The second-order valence-corrected chi connectivity index (χ2v) is 6.99. The molecule has 0 radical (unpaired) electrons. The predicted octanol–water partition coefficient (Wildman–Crippen LogP) is 2.67. The Kier molecular flexibility index (Phi) is 8.81. The van der Waals surface area contributed by atoms with Crippen molar-refractivity contribution in [3.63, 3.8) is 0 Å². The lowest BCUT2D eigenvalue weighted by molar-refractivity contribution is 0.372. The molecule has 1 aromatic carbocycles. The fraction of sp³-hybridized carbons (Fsp3) is 0.429. The third-order valence-electron chi connectivity index (χ3n) is 4.95. The normalized spacial score (nSPS) is 14.3. The zero-order chi connectivity index (χ0) is 19.9. The molecule has 1 aliphatic heterocycles. The third kappa shape index (κ3) is 6.12. The van der Waals surface area contributed by atoms with Gasteiger partial charge in [0.25, 0.3) is 0 Å². The molecule has 1 aliphatic rings. The van der Waals surface area contributed by atoms with Crippen molar-refractivity contribution in [2.75, 3.05) is 64.2 Å². The van der Waals surface area contributed by atoms with Gasteiger partial charge in [-0.15, -0.1) is 24.0 Å². The number of hydrogen-bond acceptors (Lipinski definition) is 5. The topological polar surface area (TPSA) is 56.2 Å². The molecule has 0 atom stereocenters. The van der Waals surface area contributed by atoms with E-state index >= 15 is 0 Å². The molecule has 2 heterocycles. The van der Waals surface area contributed by atoms with Crippen molar-refractivity contribution in [1.29, 1.82) is 0 Å². The molecule has 7 nitrogen and oxygen atoms in total. The number of aliphatic imine (C=N–C) groups is 1. The highest BCUT2D eigenvalue weighted by Crippen LogP contribution is 2.20. The first-order valence-corrected chi connectivity index (χ1v) is 9.57. The van der Waals surface area contributed by atoms with Gasteiger partial charge in [0.15, 0.2) is 5.96 Å². The first kappa shape index (κ1) is 23.1. The Hall–Kier alpha value is -2.23. The lowest BCUT2D eigenvalue weighted by atomic mass is 10.2. The van der Waals surface area contributed by atoms with Crippen LogP contribution in [0.5, 0.6) is 5.75 Å². The number of benzene rings is 1. The summed E-state index contributed by atoms with van der Waals surface area (Å²) >= 11 is 0. The monoisotopic (exact) mass is 510 g/mol. The molecule has 0 amide bonds. The fourth-order valence-corrected chi connectivity index (χ4v) is 3.30. The predicted molar refractivity (Wildman–Crippen MR) is 131 cm³/mol. The second kappa shape index (κ2) is 11.1. The standard InChI is InChI=1S/C21H30N6O.HI/c1-22-21(24-16-17-9-10-23-20(15-17)25(2)3)27-13-11-26(12-14-27)18-5-7-19(28-4)8-6-18;/h5-10,15H,11-14,16H2,1-4H3,(H,22,24);1H. The van der Waals surface area contributed by atoms with E-state index in [9.17, 15) is 0 Å². The van der Waals surface area contributed by atoms with Crippen LogP contribution < -0.4 is 19.9 Å². The molecule has 1 aromatic heterocycles. The van der Waals surface area contributed by atoms with Crippen molar-refractivity contribution >= 4 is 41.4 Å². The number of nitrogens with zero attached hydrogens (tertiary/aromatic N) is 5. The number of halogens is 1. The maximum Gasteiger partial charge on any atom is 0.194 e. The number of pyridine rings is 1. The van der Waals surface area contributed by atoms with Gasteiger partial charge in [-0.05, 0) is 42.0 Å². The lowest BCUT2D eigenvalue weighted by Crippen LogP contribution is -2.52. The first-order chi connectivity index (χ1) is 13.6. The van der Waals surface area contributed by atoms with Crippen molar-refractivity contribution in [3.05, 3.63) is 48.2 Å². The average Bonchev–Trinajstić information content (AvgIpc) is 2.75. The molecule has 1 saturated heterocycles. The molecular formula is C21H31IN6O. The molecule has 0 aliphatic carbocycles.